The van der Waals surface area contributed by atoms with Crippen molar-refractivity contribution in [3.05, 3.63) is 40.7 Å². The van der Waals surface area contributed by atoms with Crippen molar-refractivity contribution in [3.63, 3.8) is 0 Å². The lowest BCUT2D eigenvalue weighted by atomic mass is 10.2. The number of aryl methyl sites for hydroxylation is 2. The Kier molecular flexibility index (Phi) is 5.91. The first-order chi connectivity index (χ1) is 13.5. The summed E-state index contributed by atoms with van der Waals surface area (Å²) in [4.78, 5) is 9.13. The van der Waals surface area contributed by atoms with Crippen LogP contribution in [0.4, 0.5) is 0 Å². The lowest BCUT2D eigenvalue weighted by Gasteiger charge is -2.35. The summed E-state index contributed by atoms with van der Waals surface area (Å²) >= 11 is 1.67. The van der Waals surface area contributed by atoms with Gasteiger partial charge in [0.05, 0.1) is 20.9 Å². The third-order valence-corrected chi connectivity index (χ3v) is 5.86. The Hall–Kier alpha value is -2.00. The maximum absolute atomic E-state index is 10.4. The lowest BCUT2D eigenvalue weighted by Crippen LogP contribution is -2.48. The fraction of sp³-hybridized carbons (Fsp3) is 0.500. The topological polar surface area (TPSA) is 74.9 Å². The van der Waals surface area contributed by atoms with E-state index in [-0.39, 0.29) is 6.61 Å². The zero-order chi connectivity index (χ0) is 19.5. The van der Waals surface area contributed by atoms with Crippen molar-refractivity contribution >= 4 is 21.6 Å². The van der Waals surface area contributed by atoms with Crippen LogP contribution in [0.3, 0.4) is 0 Å². The number of piperazine rings is 1. The summed E-state index contributed by atoms with van der Waals surface area (Å²) in [6.45, 7) is 9.40. The highest BCUT2D eigenvalue weighted by Crippen LogP contribution is 2.25. The van der Waals surface area contributed by atoms with Crippen molar-refractivity contribution < 1.29 is 14.4 Å². The number of thiazole rings is 1. The molecular weight excluding hydrogens is 376 g/mol. The SMILES string of the molecule is Cc1cc(CN2CCN(C[C@@H](O)COc3ccc4sc(C)nc4c3)CC2)no1. The molecule has 150 valence electrons. The first-order valence-electron chi connectivity index (χ1n) is 9.60. The number of hydrogen-bond donors (Lipinski definition) is 1. The van der Waals surface area contributed by atoms with Crippen molar-refractivity contribution in [3.8, 4) is 5.75 Å². The van der Waals surface area contributed by atoms with Crippen LogP contribution in [-0.4, -0.2) is 70.5 Å². The quantitative estimate of drug-likeness (QED) is 0.651. The van der Waals surface area contributed by atoms with Gasteiger partial charge in [-0.15, -0.1) is 11.3 Å². The third kappa shape index (κ3) is 4.88. The number of fused-ring (bicyclic) bond motifs is 1. The summed E-state index contributed by atoms with van der Waals surface area (Å²) in [7, 11) is 0. The first kappa shape index (κ1) is 19.3. The minimum absolute atomic E-state index is 0.285. The molecule has 1 aliphatic heterocycles. The Labute approximate surface area is 168 Å². The van der Waals surface area contributed by atoms with Gasteiger partial charge in [-0.05, 0) is 26.0 Å². The number of rotatable bonds is 7. The Morgan fingerprint density at radius 2 is 1.96 bits per heavy atom. The van der Waals surface area contributed by atoms with Crippen molar-refractivity contribution in [1.29, 1.82) is 0 Å². The van der Waals surface area contributed by atoms with E-state index >= 15 is 0 Å². The third-order valence-electron chi connectivity index (χ3n) is 4.90. The van der Waals surface area contributed by atoms with Crippen molar-refractivity contribution in [1.82, 2.24) is 19.9 Å². The molecule has 7 nitrogen and oxygen atoms in total. The van der Waals surface area contributed by atoms with Gasteiger partial charge in [0.1, 0.15) is 24.2 Å². The molecule has 4 rings (SSSR count). The summed E-state index contributed by atoms with van der Waals surface area (Å²) in [5.41, 5.74) is 1.93. The Bertz CT molecular complexity index is 917. The smallest absolute Gasteiger partial charge is 0.133 e. The second-order valence-electron chi connectivity index (χ2n) is 7.33. The van der Waals surface area contributed by atoms with Crippen LogP contribution in [0, 0.1) is 13.8 Å². The summed E-state index contributed by atoms with van der Waals surface area (Å²) in [5.74, 6) is 1.60. The van der Waals surface area contributed by atoms with E-state index in [4.69, 9.17) is 9.26 Å². The monoisotopic (exact) mass is 402 g/mol. The van der Waals surface area contributed by atoms with Crippen molar-refractivity contribution in [2.24, 2.45) is 0 Å². The van der Waals surface area contributed by atoms with Crippen LogP contribution in [0.5, 0.6) is 5.75 Å². The fourth-order valence-corrected chi connectivity index (χ4v) is 4.31. The van der Waals surface area contributed by atoms with Gasteiger partial charge in [-0.25, -0.2) is 4.98 Å². The predicted octanol–water partition coefficient (Wildman–Crippen LogP) is 2.46. The molecule has 0 radical (unpaired) electrons. The Balaban J connectivity index is 1.20. The van der Waals surface area contributed by atoms with Crippen LogP contribution in [0.2, 0.25) is 0 Å². The number of ether oxygens (including phenoxy) is 1. The van der Waals surface area contributed by atoms with E-state index in [0.29, 0.717) is 6.54 Å². The van der Waals surface area contributed by atoms with E-state index in [1.807, 2.05) is 38.1 Å². The van der Waals surface area contributed by atoms with Gasteiger partial charge in [0, 0.05) is 51.4 Å². The number of benzene rings is 1. The second-order valence-corrected chi connectivity index (χ2v) is 8.57. The molecule has 0 saturated carbocycles. The minimum Gasteiger partial charge on any atom is -0.491 e. The average Bonchev–Trinajstić information content (AvgIpc) is 3.25. The number of aliphatic hydroxyl groups excluding tert-OH is 1. The molecule has 1 aliphatic rings. The summed E-state index contributed by atoms with van der Waals surface area (Å²) in [6.07, 6.45) is -0.516. The van der Waals surface area contributed by atoms with Gasteiger partial charge < -0.3 is 14.4 Å². The number of hydrogen-bond acceptors (Lipinski definition) is 8. The molecule has 0 spiro atoms. The normalized spacial score (nSPS) is 17.2. The summed E-state index contributed by atoms with van der Waals surface area (Å²) in [6, 6.07) is 7.89. The molecule has 3 aromatic rings. The second kappa shape index (κ2) is 8.57. The molecule has 1 aromatic carbocycles. The maximum Gasteiger partial charge on any atom is 0.133 e. The summed E-state index contributed by atoms with van der Waals surface area (Å²) < 4.78 is 12.1. The molecule has 0 unspecified atom stereocenters. The fourth-order valence-electron chi connectivity index (χ4n) is 3.51. The molecule has 28 heavy (non-hydrogen) atoms. The number of aromatic nitrogens is 2. The van der Waals surface area contributed by atoms with Crippen LogP contribution in [-0.2, 0) is 6.54 Å². The lowest BCUT2D eigenvalue weighted by molar-refractivity contribution is 0.0442. The number of aliphatic hydroxyl groups is 1. The highest BCUT2D eigenvalue weighted by atomic mass is 32.1. The van der Waals surface area contributed by atoms with E-state index in [1.54, 1.807) is 11.3 Å². The summed E-state index contributed by atoms with van der Waals surface area (Å²) in [5, 5.41) is 15.5. The van der Waals surface area contributed by atoms with Crippen molar-refractivity contribution in [2.45, 2.75) is 26.5 Å². The molecule has 3 heterocycles. The zero-order valence-corrected chi connectivity index (χ0v) is 17.1. The van der Waals surface area contributed by atoms with E-state index in [9.17, 15) is 5.11 Å². The van der Waals surface area contributed by atoms with E-state index in [1.165, 1.54) is 0 Å². The van der Waals surface area contributed by atoms with Crippen LogP contribution in [0.15, 0.2) is 28.8 Å². The molecule has 0 amide bonds. The van der Waals surface area contributed by atoms with Gasteiger partial charge in [-0.2, -0.15) is 0 Å². The zero-order valence-electron chi connectivity index (χ0n) is 16.3. The van der Waals surface area contributed by atoms with Gasteiger partial charge in [-0.3, -0.25) is 9.80 Å². The minimum atomic E-state index is -0.516. The molecule has 0 aliphatic carbocycles. The number of β-amino-alcohol motifs (C(OH)–C–C–N with tert-alkyl or cyclic N) is 1. The molecule has 0 bridgehead atoms. The van der Waals surface area contributed by atoms with Gasteiger partial charge >= 0.3 is 0 Å². The molecule has 1 N–H and O–H groups in total. The largest absolute Gasteiger partial charge is 0.491 e. The Morgan fingerprint density at radius 3 is 2.71 bits per heavy atom. The molecule has 8 heteroatoms. The van der Waals surface area contributed by atoms with Crippen LogP contribution >= 0.6 is 11.3 Å². The first-order valence-corrected chi connectivity index (χ1v) is 10.4. The molecular formula is C20H26N4O3S. The standard InChI is InChI=1S/C20H26N4O3S/c1-14-9-16(22-27-14)11-23-5-7-24(8-6-23)12-17(25)13-26-18-3-4-20-19(10-18)21-15(2)28-20/h3-4,9-10,17,25H,5-8,11-13H2,1-2H3/t17-/m1/s1. The average molecular weight is 403 g/mol. The maximum atomic E-state index is 10.4. The van der Waals surface area contributed by atoms with Crippen LogP contribution in [0.1, 0.15) is 16.5 Å². The van der Waals surface area contributed by atoms with E-state index in [2.05, 4.69) is 19.9 Å². The van der Waals surface area contributed by atoms with Gasteiger partial charge in [0.2, 0.25) is 0 Å². The Morgan fingerprint density at radius 1 is 1.18 bits per heavy atom. The van der Waals surface area contributed by atoms with E-state index in [0.717, 1.165) is 65.2 Å². The van der Waals surface area contributed by atoms with E-state index < -0.39 is 6.10 Å². The molecule has 1 atom stereocenters. The molecule has 2 aromatic heterocycles. The van der Waals surface area contributed by atoms with Gasteiger partial charge in [-0.1, -0.05) is 5.16 Å². The van der Waals surface area contributed by atoms with Crippen LogP contribution < -0.4 is 4.74 Å². The predicted molar refractivity (Wildman–Crippen MR) is 109 cm³/mol. The van der Waals surface area contributed by atoms with Gasteiger partial charge in [0.15, 0.2) is 0 Å². The highest BCUT2D eigenvalue weighted by molar-refractivity contribution is 7.18. The number of nitrogens with zero attached hydrogens (tertiary/aromatic N) is 4. The van der Waals surface area contributed by atoms with Gasteiger partial charge in [0.25, 0.3) is 0 Å². The molecule has 1 saturated heterocycles. The van der Waals surface area contributed by atoms with Crippen LogP contribution in [0.25, 0.3) is 10.2 Å². The van der Waals surface area contributed by atoms with Crippen molar-refractivity contribution in [2.75, 3.05) is 39.3 Å². The molecule has 1 fully saturated rings. The highest BCUT2D eigenvalue weighted by Gasteiger charge is 2.20.